The van der Waals surface area contributed by atoms with Crippen LogP contribution in [0.15, 0.2) is 24.3 Å². The Bertz CT molecular complexity index is 256. The number of benzene rings is 1. The van der Waals surface area contributed by atoms with Crippen LogP contribution in [-0.4, -0.2) is 5.33 Å². The second kappa shape index (κ2) is 8.18. The van der Waals surface area contributed by atoms with Crippen molar-refractivity contribution in [3.05, 3.63) is 34.9 Å². The van der Waals surface area contributed by atoms with Crippen molar-refractivity contribution in [2.75, 3.05) is 5.33 Å². The Morgan fingerprint density at radius 2 is 1.47 bits per heavy atom. The molecule has 0 amide bonds. The van der Waals surface area contributed by atoms with Crippen LogP contribution in [0.3, 0.4) is 0 Å². The third-order valence-corrected chi connectivity index (χ3v) is 3.33. The van der Waals surface area contributed by atoms with E-state index in [-0.39, 0.29) is 0 Å². The molecule has 0 N–H and O–H groups in total. The monoisotopic (exact) mass is 288 g/mol. The minimum Gasteiger partial charge on any atom is -0.0928 e. The molecule has 15 heavy (non-hydrogen) atoms. The maximum absolute atomic E-state index is 5.83. The first-order valence-electron chi connectivity index (χ1n) is 5.63. The summed E-state index contributed by atoms with van der Waals surface area (Å²) in [6, 6.07) is 8.20. The van der Waals surface area contributed by atoms with Crippen LogP contribution in [0, 0.1) is 0 Å². The van der Waals surface area contributed by atoms with Crippen molar-refractivity contribution in [3.63, 3.8) is 0 Å². The van der Waals surface area contributed by atoms with Gasteiger partial charge in [-0.1, -0.05) is 58.9 Å². The summed E-state index contributed by atoms with van der Waals surface area (Å²) in [5.41, 5.74) is 1.40. The van der Waals surface area contributed by atoms with Gasteiger partial charge >= 0.3 is 0 Å². The van der Waals surface area contributed by atoms with Crippen molar-refractivity contribution in [2.24, 2.45) is 0 Å². The van der Waals surface area contributed by atoms with Gasteiger partial charge in [0.15, 0.2) is 0 Å². The van der Waals surface area contributed by atoms with E-state index in [1.54, 1.807) is 0 Å². The van der Waals surface area contributed by atoms with E-state index in [0.717, 1.165) is 10.4 Å². The normalized spacial score (nSPS) is 10.5. The Morgan fingerprint density at radius 3 is 2.13 bits per heavy atom. The third kappa shape index (κ3) is 6.21. The first-order valence-corrected chi connectivity index (χ1v) is 7.13. The van der Waals surface area contributed by atoms with Crippen LogP contribution in [0.5, 0.6) is 0 Å². The number of aryl methyl sites for hydroxylation is 1. The fourth-order valence-corrected chi connectivity index (χ4v) is 2.13. The minimum atomic E-state index is 0.830. The second-order valence-electron chi connectivity index (χ2n) is 3.83. The van der Waals surface area contributed by atoms with Crippen molar-refractivity contribution in [2.45, 2.75) is 38.5 Å². The van der Waals surface area contributed by atoms with Crippen LogP contribution in [0.25, 0.3) is 0 Å². The molecule has 0 radical (unpaired) electrons. The fourth-order valence-electron chi connectivity index (χ4n) is 1.61. The van der Waals surface area contributed by atoms with Gasteiger partial charge in [0, 0.05) is 10.4 Å². The predicted octanol–water partition coefficient (Wildman–Crippen LogP) is 5.23. The van der Waals surface area contributed by atoms with Gasteiger partial charge in [-0.25, -0.2) is 0 Å². The molecule has 2 heteroatoms. The largest absolute Gasteiger partial charge is 0.0928 e. The lowest BCUT2D eigenvalue weighted by molar-refractivity contribution is 0.635. The topological polar surface area (TPSA) is 0 Å². The smallest absolute Gasteiger partial charge is 0.0406 e. The summed E-state index contributed by atoms with van der Waals surface area (Å²) >= 11 is 9.28. The summed E-state index contributed by atoms with van der Waals surface area (Å²) in [5.74, 6) is 0. The highest BCUT2D eigenvalue weighted by atomic mass is 79.9. The fraction of sp³-hybridized carbons (Fsp3) is 0.538. The van der Waals surface area contributed by atoms with Crippen molar-refractivity contribution in [1.29, 1.82) is 0 Å². The van der Waals surface area contributed by atoms with Gasteiger partial charge in [-0.2, -0.15) is 0 Å². The third-order valence-electron chi connectivity index (χ3n) is 2.51. The average Bonchev–Trinajstić information content (AvgIpc) is 2.26. The van der Waals surface area contributed by atoms with Gasteiger partial charge in [-0.3, -0.25) is 0 Å². The summed E-state index contributed by atoms with van der Waals surface area (Å²) < 4.78 is 0. The maximum atomic E-state index is 5.83. The summed E-state index contributed by atoms with van der Waals surface area (Å²) in [4.78, 5) is 0. The molecule has 0 saturated heterocycles. The Hall–Kier alpha value is -0.0100. The standard InChI is InChI=1S/C13H18BrCl/c14-11-5-3-1-2-4-6-12-7-9-13(15)10-8-12/h7-10H,1-6,11H2. The molecular formula is C13H18BrCl. The lowest BCUT2D eigenvalue weighted by atomic mass is 10.1. The average molecular weight is 290 g/mol. The highest BCUT2D eigenvalue weighted by Crippen LogP contribution is 2.13. The van der Waals surface area contributed by atoms with Crippen LogP contribution in [0.4, 0.5) is 0 Å². The van der Waals surface area contributed by atoms with Gasteiger partial charge in [0.05, 0.1) is 0 Å². The lowest BCUT2D eigenvalue weighted by Gasteiger charge is -2.01. The van der Waals surface area contributed by atoms with Crippen molar-refractivity contribution < 1.29 is 0 Å². The summed E-state index contributed by atoms with van der Waals surface area (Å²) in [7, 11) is 0. The molecule has 0 heterocycles. The Balaban J connectivity index is 2.07. The van der Waals surface area contributed by atoms with E-state index in [9.17, 15) is 0 Å². The van der Waals surface area contributed by atoms with Crippen molar-refractivity contribution in [1.82, 2.24) is 0 Å². The number of hydrogen-bond donors (Lipinski definition) is 0. The van der Waals surface area contributed by atoms with E-state index < -0.39 is 0 Å². The Kier molecular flexibility index (Phi) is 7.12. The zero-order valence-corrected chi connectivity index (χ0v) is 11.4. The molecule has 0 saturated carbocycles. The van der Waals surface area contributed by atoms with E-state index >= 15 is 0 Å². The molecule has 0 fully saturated rings. The maximum Gasteiger partial charge on any atom is 0.0406 e. The first kappa shape index (κ1) is 13.1. The van der Waals surface area contributed by atoms with E-state index in [2.05, 4.69) is 28.1 Å². The van der Waals surface area contributed by atoms with Crippen molar-refractivity contribution in [3.8, 4) is 0 Å². The molecule has 0 spiro atoms. The molecule has 0 aliphatic heterocycles. The van der Waals surface area contributed by atoms with E-state index in [1.165, 1.54) is 44.1 Å². The Morgan fingerprint density at radius 1 is 0.867 bits per heavy atom. The van der Waals surface area contributed by atoms with Crippen LogP contribution < -0.4 is 0 Å². The quantitative estimate of drug-likeness (QED) is 0.476. The number of unbranched alkanes of at least 4 members (excludes halogenated alkanes) is 4. The number of halogens is 2. The molecule has 0 unspecified atom stereocenters. The molecule has 1 rings (SSSR count). The van der Waals surface area contributed by atoms with Gasteiger partial charge in [-0.05, 0) is 37.0 Å². The molecule has 0 nitrogen and oxygen atoms in total. The SMILES string of the molecule is Clc1ccc(CCCCCCCBr)cc1. The van der Waals surface area contributed by atoms with Gasteiger partial charge in [0.1, 0.15) is 0 Å². The number of alkyl halides is 1. The van der Waals surface area contributed by atoms with Gasteiger partial charge in [0.25, 0.3) is 0 Å². The van der Waals surface area contributed by atoms with Gasteiger partial charge < -0.3 is 0 Å². The van der Waals surface area contributed by atoms with Gasteiger partial charge in [0.2, 0.25) is 0 Å². The van der Waals surface area contributed by atoms with Gasteiger partial charge in [-0.15, -0.1) is 0 Å². The first-order chi connectivity index (χ1) is 7.33. The summed E-state index contributed by atoms with van der Waals surface area (Å²) in [6.07, 6.45) is 7.84. The molecule has 0 aliphatic rings. The highest BCUT2D eigenvalue weighted by Gasteiger charge is 1.94. The van der Waals surface area contributed by atoms with Crippen molar-refractivity contribution >= 4 is 27.5 Å². The summed E-state index contributed by atoms with van der Waals surface area (Å²) in [6.45, 7) is 0. The molecule has 0 bridgehead atoms. The zero-order valence-electron chi connectivity index (χ0n) is 9.02. The minimum absolute atomic E-state index is 0.830. The molecule has 1 aromatic carbocycles. The van der Waals surface area contributed by atoms with E-state index in [1.807, 2.05) is 12.1 Å². The predicted molar refractivity (Wildman–Crippen MR) is 72.0 cm³/mol. The number of rotatable bonds is 7. The molecular weight excluding hydrogens is 272 g/mol. The van der Waals surface area contributed by atoms with Crippen LogP contribution in [0.2, 0.25) is 5.02 Å². The van der Waals surface area contributed by atoms with Crippen LogP contribution in [0.1, 0.15) is 37.7 Å². The molecule has 84 valence electrons. The summed E-state index contributed by atoms with van der Waals surface area (Å²) in [5, 5.41) is 1.97. The molecule has 0 aromatic heterocycles. The van der Waals surface area contributed by atoms with E-state index in [0.29, 0.717) is 0 Å². The zero-order chi connectivity index (χ0) is 10.9. The number of hydrogen-bond acceptors (Lipinski definition) is 0. The van der Waals surface area contributed by atoms with E-state index in [4.69, 9.17) is 11.6 Å². The molecule has 1 aromatic rings. The highest BCUT2D eigenvalue weighted by molar-refractivity contribution is 9.09. The molecule has 0 aliphatic carbocycles. The lowest BCUT2D eigenvalue weighted by Crippen LogP contribution is -1.86. The Labute approximate surface area is 106 Å². The second-order valence-corrected chi connectivity index (χ2v) is 5.06. The molecule has 0 atom stereocenters. The van der Waals surface area contributed by atoms with Crippen LogP contribution >= 0.6 is 27.5 Å². The van der Waals surface area contributed by atoms with Crippen LogP contribution in [-0.2, 0) is 6.42 Å².